The molecule has 1 rings (SSSR count). The average Bonchev–Trinajstić information content (AvgIpc) is 2.29. The molecule has 0 aliphatic carbocycles. The molecule has 0 aliphatic rings. The molecule has 0 aromatic heterocycles. The minimum atomic E-state index is -0.244. The van der Waals surface area contributed by atoms with Gasteiger partial charge in [0.15, 0.2) is 0 Å². The maximum Gasteiger partial charge on any atom is 0.120 e. The van der Waals surface area contributed by atoms with Crippen molar-refractivity contribution in [2.75, 3.05) is 19.8 Å². The highest BCUT2D eigenvalue weighted by atomic mass is 79.9. The molecule has 1 aromatic carbocycles. The van der Waals surface area contributed by atoms with Crippen LogP contribution < -0.4 is 10.5 Å². The third-order valence-corrected chi connectivity index (χ3v) is 3.14. The molecule has 0 amide bonds. The van der Waals surface area contributed by atoms with Gasteiger partial charge in [0.25, 0.3) is 0 Å². The van der Waals surface area contributed by atoms with Crippen molar-refractivity contribution in [3.05, 3.63) is 28.7 Å². The van der Waals surface area contributed by atoms with E-state index in [0.29, 0.717) is 13.2 Å². The van der Waals surface area contributed by atoms with E-state index in [4.69, 9.17) is 10.5 Å². The second kappa shape index (κ2) is 6.23. The zero-order chi connectivity index (χ0) is 12.0. The van der Waals surface area contributed by atoms with Gasteiger partial charge in [0.2, 0.25) is 0 Å². The van der Waals surface area contributed by atoms with E-state index in [2.05, 4.69) is 15.9 Å². The summed E-state index contributed by atoms with van der Waals surface area (Å²) in [7, 11) is 0. The van der Waals surface area contributed by atoms with Crippen molar-refractivity contribution < 1.29 is 9.84 Å². The largest absolute Gasteiger partial charge is 0.494 e. The summed E-state index contributed by atoms with van der Waals surface area (Å²) < 4.78 is 6.58. The first-order valence-electron chi connectivity index (χ1n) is 5.29. The molecule has 0 bridgehead atoms. The van der Waals surface area contributed by atoms with Gasteiger partial charge in [-0.15, -0.1) is 0 Å². The molecule has 3 nitrogen and oxygen atoms in total. The number of aliphatic hydroxyl groups excluding tert-OH is 1. The SMILES string of the molecule is CC(CN)(CO)CCOc1cccc(Br)c1. The first kappa shape index (κ1) is 13.5. The summed E-state index contributed by atoms with van der Waals surface area (Å²) in [5, 5.41) is 9.18. The number of benzene rings is 1. The number of ether oxygens (including phenoxy) is 1. The summed E-state index contributed by atoms with van der Waals surface area (Å²) in [6, 6.07) is 7.69. The van der Waals surface area contributed by atoms with Gasteiger partial charge in [-0.05, 0) is 24.6 Å². The lowest BCUT2D eigenvalue weighted by Crippen LogP contribution is -2.32. The Kier molecular flexibility index (Phi) is 5.25. The van der Waals surface area contributed by atoms with Crippen molar-refractivity contribution in [1.29, 1.82) is 0 Å². The number of rotatable bonds is 6. The second-order valence-corrected chi connectivity index (χ2v) is 5.14. The third-order valence-electron chi connectivity index (χ3n) is 2.64. The Labute approximate surface area is 105 Å². The Morgan fingerprint density at radius 1 is 1.50 bits per heavy atom. The number of nitrogens with two attached hydrogens (primary N) is 1. The number of hydrogen-bond donors (Lipinski definition) is 2. The molecule has 0 aliphatic heterocycles. The van der Waals surface area contributed by atoms with E-state index in [9.17, 15) is 5.11 Å². The molecule has 1 aromatic rings. The number of aliphatic hydroxyl groups is 1. The highest BCUT2D eigenvalue weighted by Gasteiger charge is 2.21. The quantitative estimate of drug-likeness (QED) is 0.843. The van der Waals surface area contributed by atoms with Crippen molar-refractivity contribution in [3.63, 3.8) is 0 Å². The Hall–Kier alpha value is -0.580. The Morgan fingerprint density at radius 2 is 2.25 bits per heavy atom. The van der Waals surface area contributed by atoms with Gasteiger partial charge >= 0.3 is 0 Å². The normalized spacial score (nSPS) is 14.5. The number of halogens is 1. The Bertz CT molecular complexity index is 327. The van der Waals surface area contributed by atoms with Gasteiger partial charge in [0, 0.05) is 23.0 Å². The minimum absolute atomic E-state index is 0.0886. The van der Waals surface area contributed by atoms with Gasteiger partial charge in [0.1, 0.15) is 5.75 Å². The summed E-state index contributed by atoms with van der Waals surface area (Å²) in [5.74, 6) is 0.826. The molecule has 4 heteroatoms. The first-order valence-corrected chi connectivity index (χ1v) is 6.08. The molecule has 16 heavy (non-hydrogen) atoms. The molecule has 90 valence electrons. The van der Waals surface area contributed by atoms with Crippen LogP contribution in [0.3, 0.4) is 0 Å². The molecule has 0 spiro atoms. The van der Waals surface area contributed by atoms with Crippen molar-refractivity contribution >= 4 is 15.9 Å². The van der Waals surface area contributed by atoms with Gasteiger partial charge in [-0.2, -0.15) is 0 Å². The predicted octanol–water partition coefficient (Wildman–Crippen LogP) is 2.18. The van der Waals surface area contributed by atoms with Crippen molar-refractivity contribution in [2.45, 2.75) is 13.3 Å². The minimum Gasteiger partial charge on any atom is -0.494 e. The summed E-state index contributed by atoms with van der Waals surface area (Å²) in [4.78, 5) is 0. The monoisotopic (exact) mass is 287 g/mol. The van der Waals surface area contributed by atoms with Crippen LogP contribution in [-0.2, 0) is 0 Å². The van der Waals surface area contributed by atoms with E-state index in [0.717, 1.165) is 16.6 Å². The first-order chi connectivity index (χ1) is 7.59. The second-order valence-electron chi connectivity index (χ2n) is 4.23. The summed E-state index contributed by atoms with van der Waals surface area (Å²) in [6.07, 6.45) is 0.743. The maximum absolute atomic E-state index is 9.18. The maximum atomic E-state index is 9.18. The molecular weight excluding hydrogens is 270 g/mol. The topological polar surface area (TPSA) is 55.5 Å². The van der Waals surface area contributed by atoms with Crippen molar-refractivity contribution in [1.82, 2.24) is 0 Å². The standard InChI is InChI=1S/C12H18BrNO2/c1-12(8-14,9-15)5-6-16-11-4-2-3-10(13)7-11/h2-4,7,15H,5-6,8-9,14H2,1H3. The van der Waals surface area contributed by atoms with Gasteiger partial charge in [-0.25, -0.2) is 0 Å². The average molecular weight is 288 g/mol. The summed E-state index contributed by atoms with van der Waals surface area (Å²) in [5.41, 5.74) is 5.35. The van der Waals surface area contributed by atoms with Crippen LogP contribution in [-0.4, -0.2) is 24.9 Å². The van der Waals surface area contributed by atoms with Gasteiger partial charge in [-0.3, -0.25) is 0 Å². The molecule has 0 fully saturated rings. The van der Waals surface area contributed by atoms with E-state index in [1.807, 2.05) is 31.2 Å². The van der Waals surface area contributed by atoms with Gasteiger partial charge in [0.05, 0.1) is 6.61 Å². The van der Waals surface area contributed by atoms with Crippen LogP contribution >= 0.6 is 15.9 Å². The van der Waals surface area contributed by atoms with E-state index < -0.39 is 0 Å². The van der Waals surface area contributed by atoms with Crippen LogP contribution in [0.1, 0.15) is 13.3 Å². The summed E-state index contributed by atoms with van der Waals surface area (Å²) >= 11 is 3.38. The molecular formula is C12H18BrNO2. The highest BCUT2D eigenvalue weighted by molar-refractivity contribution is 9.10. The van der Waals surface area contributed by atoms with Crippen LogP contribution in [0.2, 0.25) is 0 Å². The lowest BCUT2D eigenvalue weighted by atomic mass is 9.88. The highest BCUT2D eigenvalue weighted by Crippen LogP contribution is 2.21. The van der Waals surface area contributed by atoms with Crippen LogP contribution in [0.25, 0.3) is 0 Å². The van der Waals surface area contributed by atoms with Crippen LogP contribution in [0.5, 0.6) is 5.75 Å². The van der Waals surface area contributed by atoms with E-state index in [-0.39, 0.29) is 12.0 Å². The molecule has 1 atom stereocenters. The van der Waals surface area contributed by atoms with Crippen molar-refractivity contribution in [3.8, 4) is 5.75 Å². The van der Waals surface area contributed by atoms with Crippen molar-refractivity contribution in [2.24, 2.45) is 11.1 Å². The van der Waals surface area contributed by atoms with E-state index >= 15 is 0 Å². The Balaban J connectivity index is 2.41. The molecule has 1 unspecified atom stereocenters. The van der Waals surface area contributed by atoms with Gasteiger partial charge < -0.3 is 15.6 Å². The van der Waals surface area contributed by atoms with Crippen LogP contribution in [0.4, 0.5) is 0 Å². The smallest absolute Gasteiger partial charge is 0.120 e. The van der Waals surface area contributed by atoms with E-state index in [1.54, 1.807) is 0 Å². The molecule has 0 saturated heterocycles. The lowest BCUT2D eigenvalue weighted by Gasteiger charge is -2.25. The summed E-state index contributed by atoms with van der Waals surface area (Å²) in [6.45, 7) is 3.07. The lowest BCUT2D eigenvalue weighted by molar-refractivity contribution is 0.119. The molecule has 3 N–H and O–H groups in total. The predicted molar refractivity (Wildman–Crippen MR) is 68.5 cm³/mol. The zero-order valence-corrected chi connectivity index (χ0v) is 11.0. The fourth-order valence-corrected chi connectivity index (χ4v) is 1.60. The molecule has 0 radical (unpaired) electrons. The number of hydrogen-bond acceptors (Lipinski definition) is 3. The molecule has 0 heterocycles. The zero-order valence-electron chi connectivity index (χ0n) is 9.45. The third kappa shape index (κ3) is 4.12. The van der Waals surface area contributed by atoms with Crippen LogP contribution in [0.15, 0.2) is 28.7 Å². The fraction of sp³-hybridized carbons (Fsp3) is 0.500. The molecule has 0 saturated carbocycles. The van der Waals surface area contributed by atoms with E-state index in [1.165, 1.54) is 0 Å². The Morgan fingerprint density at radius 3 is 2.81 bits per heavy atom. The van der Waals surface area contributed by atoms with Gasteiger partial charge in [-0.1, -0.05) is 28.9 Å². The fourth-order valence-electron chi connectivity index (χ4n) is 1.22. The van der Waals surface area contributed by atoms with Crippen LogP contribution in [0, 0.1) is 5.41 Å².